The van der Waals surface area contributed by atoms with Crippen molar-refractivity contribution < 1.29 is 14.3 Å². The van der Waals surface area contributed by atoms with Gasteiger partial charge in [-0.2, -0.15) is 0 Å². The lowest BCUT2D eigenvalue weighted by atomic mass is 9.90. The Labute approximate surface area is 115 Å². The van der Waals surface area contributed by atoms with Crippen LogP contribution in [0.1, 0.15) is 47.5 Å². The molecule has 0 aromatic heterocycles. The summed E-state index contributed by atoms with van der Waals surface area (Å²) in [7, 11) is 0. The van der Waals surface area contributed by atoms with E-state index in [0.717, 1.165) is 12.8 Å². The Morgan fingerprint density at radius 1 is 1.16 bits per heavy atom. The van der Waals surface area contributed by atoms with Crippen LogP contribution in [0.15, 0.2) is 0 Å². The number of carbonyl (C=O) groups is 2. The second-order valence-corrected chi connectivity index (χ2v) is 6.06. The standard InChI is InChI=1S/C14H26N2O3/c1-6-7-9-19-10-8-16-12(18)13(2,3)15-11(17)14(16,4)5/h6-10H2,1-5H3,(H,15,17). The number of piperazine rings is 1. The van der Waals surface area contributed by atoms with E-state index < -0.39 is 11.1 Å². The van der Waals surface area contributed by atoms with Gasteiger partial charge in [0.2, 0.25) is 11.8 Å². The summed E-state index contributed by atoms with van der Waals surface area (Å²) in [6.07, 6.45) is 2.10. The van der Waals surface area contributed by atoms with Crippen molar-refractivity contribution in [3.63, 3.8) is 0 Å². The van der Waals surface area contributed by atoms with Gasteiger partial charge in [-0.15, -0.1) is 0 Å². The smallest absolute Gasteiger partial charge is 0.248 e. The fourth-order valence-electron chi connectivity index (χ4n) is 2.09. The number of ether oxygens (including phenoxy) is 1. The molecule has 1 N–H and O–H groups in total. The summed E-state index contributed by atoms with van der Waals surface area (Å²) in [4.78, 5) is 26.1. The van der Waals surface area contributed by atoms with Gasteiger partial charge in [0.1, 0.15) is 11.1 Å². The second-order valence-electron chi connectivity index (χ2n) is 6.06. The Morgan fingerprint density at radius 3 is 2.37 bits per heavy atom. The summed E-state index contributed by atoms with van der Waals surface area (Å²) in [6, 6.07) is 0. The van der Waals surface area contributed by atoms with Crippen LogP contribution in [0.25, 0.3) is 0 Å². The largest absolute Gasteiger partial charge is 0.380 e. The Hall–Kier alpha value is -1.10. The average Bonchev–Trinajstić information content (AvgIpc) is 2.30. The van der Waals surface area contributed by atoms with E-state index in [-0.39, 0.29) is 11.8 Å². The molecular weight excluding hydrogens is 244 g/mol. The highest BCUT2D eigenvalue weighted by atomic mass is 16.5. The van der Waals surface area contributed by atoms with Crippen molar-refractivity contribution in [3.05, 3.63) is 0 Å². The lowest BCUT2D eigenvalue weighted by Gasteiger charge is -2.47. The van der Waals surface area contributed by atoms with Crippen molar-refractivity contribution in [1.82, 2.24) is 10.2 Å². The summed E-state index contributed by atoms with van der Waals surface area (Å²) in [5.74, 6) is -0.179. The Kier molecular flexibility index (Phi) is 4.96. The number of amides is 2. The van der Waals surface area contributed by atoms with E-state index in [1.807, 2.05) is 0 Å². The Bertz CT molecular complexity index is 351. The molecule has 0 unspecified atom stereocenters. The van der Waals surface area contributed by atoms with E-state index in [0.29, 0.717) is 19.8 Å². The van der Waals surface area contributed by atoms with Crippen LogP contribution >= 0.6 is 0 Å². The van der Waals surface area contributed by atoms with E-state index in [1.165, 1.54) is 0 Å². The van der Waals surface area contributed by atoms with Gasteiger partial charge in [0.05, 0.1) is 6.61 Å². The van der Waals surface area contributed by atoms with Gasteiger partial charge in [-0.1, -0.05) is 13.3 Å². The normalized spacial score (nSPS) is 21.4. The molecule has 0 aromatic carbocycles. The first kappa shape index (κ1) is 16.0. The number of rotatable bonds is 6. The maximum absolute atomic E-state index is 12.4. The van der Waals surface area contributed by atoms with Crippen LogP contribution in [-0.4, -0.2) is 47.6 Å². The van der Waals surface area contributed by atoms with Crippen molar-refractivity contribution in [2.75, 3.05) is 19.8 Å². The van der Waals surface area contributed by atoms with Gasteiger partial charge in [0.15, 0.2) is 0 Å². The van der Waals surface area contributed by atoms with E-state index in [4.69, 9.17) is 4.74 Å². The number of nitrogens with zero attached hydrogens (tertiary/aromatic N) is 1. The summed E-state index contributed by atoms with van der Waals surface area (Å²) in [5.41, 5.74) is -1.66. The Balaban J connectivity index is 2.66. The zero-order valence-electron chi connectivity index (χ0n) is 12.7. The Morgan fingerprint density at radius 2 is 1.79 bits per heavy atom. The summed E-state index contributed by atoms with van der Waals surface area (Å²) < 4.78 is 5.50. The highest BCUT2D eigenvalue weighted by Gasteiger charge is 2.49. The summed E-state index contributed by atoms with van der Waals surface area (Å²) in [6.45, 7) is 10.7. The van der Waals surface area contributed by atoms with Gasteiger partial charge >= 0.3 is 0 Å². The van der Waals surface area contributed by atoms with Crippen molar-refractivity contribution in [3.8, 4) is 0 Å². The number of carbonyl (C=O) groups excluding carboxylic acids is 2. The molecule has 1 saturated heterocycles. The molecule has 0 saturated carbocycles. The molecular formula is C14H26N2O3. The minimum atomic E-state index is -0.837. The van der Waals surface area contributed by atoms with E-state index >= 15 is 0 Å². The van der Waals surface area contributed by atoms with Crippen LogP contribution in [-0.2, 0) is 14.3 Å². The van der Waals surface area contributed by atoms with Gasteiger partial charge in [-0.3, -0.25) is 9.59 Å². The lowest BCUT2D eigenvalue weighted by molar-refractivity contribution is -0.160. The molecule has 1 fully saturated rings. The predicted molar refractivity (Wildman–Crippen MR) is 73.7 cm³/mol. The fourth-order valence-corrected chi connectivity index (χ4v) is 2.09. The molecule has 1 aliphatic heterocycles. The third kappa shape index (κ3) is 3.47. The minimum absolute atomic E-state index is 0.0591. The van der Waals surface area contributed by atoms with Crippen LogP contribution in [0.4, 0.5) is 0 Å². The first-order valence-electron chi connectivity index (χ1n) is 6.96. The van der Waals surface area contributed by atoms with Crippen LogP contribution in [0.3, 0.4) is 0 Å². The third-order valence-corrected chi connectivity index (χ3v) is 3.54. The van der Waals surface area contributed by atoms with E-state index in [1.54, 1.807) is 32.6 Å². The third-order valence-electron chi connectivity index (χ3n) is 3.54. The molecule has 0 radical (unpaired) electrons. The first-order valence-corrected chi connectivity index (χ1v) is 6.96. The van der Waals surface area contributed by atoms with Crippen LogP contribution in [0, 0.1) is 0 Å². The SMILES string of the molecule is CCCCOCCN1C(=O)C(C)(C)NC(=O)C1(C)C. The van der Waals surface area contributed by atoms with Gasteiger partial charge in [0, 0.05) is 13.2 Å². The lowest BCUT2D eigenvalue weighted by Crippen LogP contribution is -2.72. The predicted octanol–water partition coefficient (Wildman–Crippen LogP) is 1.32. The zero-order chi connectivity index (χ0) is 14.7. The van der Waals surface area contributed by atoms with E-state index in [2.05, 4.69) is 12.2 Å². The van der Waals surface area contributed by atoms with Crippen LogP contribution < -0.4 is 5.32 Å². The van der Waals surface area contributed by atoms with Crippen molar-refractivity contribution in [2.24, 2.45) is 0 Å². The molecule has 0 spiro atoms. The number of nitrogens with one attached hydrogen (secondary N) is 1. The van der Waals surface area contributed by atoms with Crippen LogP contribution in [0.5, 0.6) is 0 Å². The molecule has 2 amide bonds. The van der Waals surface area contributed by atoms with Gasteiger partial charge in [-0.25, -0.2) is 0 Å². The molecule has 1 aliphatic rings. The van der Waals surface area contributed by atoms with Gasteiger partial charge < -0.3 is 15.0 Å². The average molecular weight is 270 g/mol. The highest BCUT2D eigenvalue weighted by Crippen LogP contribution is 2.25. The molecule has 110 valence electrons. The number of hydrogen-bond acceptors (Lipinski definition) is 3. The topological polar surface area (TPSA) is 58.6 Å². The van der Waals surface area contributed by atoms with Gasteiger partial charge in [0.25, 0.3) is 0 Å². The maximum Gasteiger partial charge on any atom is 0.248 e. The number of hydrogen-bond donors (Lipinski definition) is 1. The van der Waals surface area contributed by atoms with Crippen molar-refractivity contribution in [2.45, 2.75) is 58.5 Å². The highest BCUT2D eigenvalue weighted by molar-refractivity contribution is 6.01. The van der Waals surface area contributed by atoms with Crippen molar-refractivity contribution in [1.29, 1.82) is 0 Å². The van der Waals surface area contributed by atoms with Gasteiger partial charge in [-0.05, 0) is 34.1 Å². The first-order chi connectivity index (χ1) is 8.73. The van der Waals surface area contributed by atoms with Crippen molar-refractivity contribution >= 4 is 11.8 Å². The van der Waals surface area contributed by atoms with Crippen LogP contribution in [0.2, 0.25) is 0 Å². The molecule has 1 rings (SSSR count). The summed E-state index contributed by atoms with van der Waals surface area (Å²) >= 11 is 0. The van der Waals surface area contributed by atoms with E-state index in [9.17, 15) is 9.59 Å². The maximum atomic E-state index is 12.4. The minimum Gasteiger partial charge on any atom is -0.380 e. The molecule has 0 bridgehead atoms. The second kappa shape index (κ2) is 5.90. The zero-order valence-corrected chi connectivity index (χ0v) is 12.7. The quantitative estimate of drug-likeness (QED) is 0.741. The molecule has 5 heteroatoms. The molecule has 0 aliphatic carbocycles. The molecule has 19 heavy (non-hydrogen) atoms. The molecule has 0 aromatic rings. The molecule has 5 nitrogen and oxygen atoms in total. The monoisotopic (exact) mass is 270 g/mol. The molecule has 1 heterocycles. The number of unbranched alkanes of at least 4 members (excludes halogenated alkanes) is 1. The molecule has 0 atom stereocenters. The summed E-state index contributed by atoms with van der Waals surface area (Å²) in [5, 5.41) is 2.77. The fraction of sp³-hybridized carbons (Fsp3) is 0.857.